The van der Waals surface area contributed by atoms with Crippen molar-refractivity contribution in [2.24, 2.45) is 5.92 Å². The molecule has 4 rings (SSSR count). The van der Waals surface area contributed by atoms with Gasteiger partial charge in [-0.05, 0) is 62.7 Å². The van der Waals surface area contributed by atoms with Gasteiger partial charge in [0.25, 0.3) is 0 Å². The second kappa shape index (κ2) is 15.1. The van der Waals surface area contributed by atoms with Gasteiger partial charge in [-0.2, -0.15) is 0 Å². The summed E-state index contributed by atoms with van der Waals surface area (Å²) >= 11 is 2.83. The number of nitrogens with zero attached hydrogens (tertiary/aromatic N) is 3. The molecular weight excluding hydrogens is 560 g/mol. The van der Waals surface area contributed by atoms with Gasteiger partial charge < -0.3 is 25.4 Å². The summed E-state index contributed by atoms with van der Waals surface area (Å²) in [6.45, 7) is 5.05. The van der Waals surface area contributed by atoms with Crippen molar-refractivity contribution in [3.63, 3.8) is 0 Å². The predicted octanol–water partition coefficient (Wildman–Crippen LogP) is 3.18. The predicted molar refractivity (Wildman–Crippen MR) is 164 cm³/mol. The van der Waals surface area contributed by atoms with Gasteiger partial charge in [0.05, 0.1) is 12.1 Å². The van der Waals surface area contributed by atoms with Crippen LogP contribution in [0.15, 0.2) is 47.9 Å². The fraction of sp³-hybridized carbons (Fsp3) is 0.633. The Hall–Kier alpha value is -1.73. The van der Waals surface area contributed by atoms with Crippen molar-refractivity contribution < 1.29 is 24.9 Å². The molecule has 5 unspecified atom stereocenters. The van der Waals surface area contributed by atoms with Crippen molar-refractivity contribution in [1.82, 2.24) is 20.2 Å². The molecule has 1 amide bonds. The number of rotatable bonds is 10. The number of thioether (sulfide) groups is 2. The smallest absolute Gasteiger partial charge is 0.237 e. The van der Waals surface area contributed by atoms with Crippen LogP contribution in [0.5, 0.6) is 0 Å². The van der Waals surface area contributed by atoms with Gasteiger partial charge in [0.2, 0.25) is 5.91 Å². The monoisotopic (exact) mass is 604 g/mol. The van der Waals surface area contributed by atoms with Gasteiger partial charge in [0, 0.05) is 28.1 Å². The number of ether oxygens (including phenoxy) is 1. The van der Waals surface area contributed by atoms with Crippen molar-refractivity contribution in [3.8, 4) is 11.1 Å². The van der Waals surface area contributed by atoms with Crippen LogP contribution in [0.25, 0.3) is 11.1 Å². The molecule has 41 heavy (non-hydrogen) atoms. The Morgan fingerprint density at radius 3 is 2.44 bits per heavy atom. The van der Waals surface area contributed by atoms with Crippen LogP contribution in [-0.4, -0.2) is 103 Å². The molecule has 4 N–H and O–H groups in total. The van der Waals surface area contributed by atoms with E-state index in [-0.39, 0.29) is 17.2 Å². The number of likely N-dealkylation sites (N-methyl/N-ethyl adjacent to an activating group) is 1. The first-order valence-corrected chi connectivity index (χ1v) is 16.6. The van der Waals surface area contributed by atoms with E-state index in [1.54, 1.807) is 30.4 Å². The zero-order valence-corrected chi connectivity index (χ0v) is 25.9. The Labute approximate surface area is 251 Å². The van der Waals surface area contributed by atoms with Crippen LogP contribution < -0.4 is 5.32 Å². The van der Waals surface area contributed by atoms with Crippen LogP contribution >= 0.6 is 23.5 Å². The molecule has 9 nitrogen and oxygen atoms in total. The lowest BCUT2D eigenvalue weighted by Crippen LogP contribution is -2.65. The van der Waals surface area contributed by atoms with E-state index in [1.807, 2.05) is 38.2 Å². The summed E-state index contributed by atoms with van der Waals surface area (Å²) in [5.74, 6) is 0.525. The topological polar surface area (TPSA) is 128 Å². The van der Waals surface area contributed by atoms with Crippen LogP contribution in [0.1, 0.15) is 46.0 Å². The van der Waals surface area contributed by atoms with Gasteiger partial charge in [-0.1, -0.05) is 38.8 Å². The average molecular weight is 605 g/mol. The van der Waals surface area contributed by atoms with Gasteiger partial charge in [-0.25, -0.2) is 9.97 Å². The van der Waals surface area contributed by atoms with Gasteiger partial charge >= 0.3 is 0 Å². The van der Waals surface area contributed by atoms with Gasteiger partial charge in [0.15, 0.2) is 0 Å². The van der Waals surface area contributed by atoms with Crippen molar-refractivity contribution >= 4 is 29.4 Å². The van der Waals surface area contributed by atoms with Crippen LogP contribution in [0, 0.1) is 5.92 Å². The van der Waals surface area contributed by atoms with Crippen molar-refractivity contribution in [2.75, 3.05) is 19.8 Å². The van der Waals surface area contributed by atoms with Gasteiger partial charge in [0.1, 0.15) is 36.2 Å². The maximum Gasteiger partial charge on any atom is 0.237 e. The van der Waals surface area contributed by atoms with Gasteiger partial charge in [-0.15, -0.1) is 23.5 Å². The SMILES string of the molecule is CCC[C@H]1CC[C@@H](C(=O)N[C@@H](C2OC(SC)C(O)C(O)C2O)[C@H](C)Sc2ccc(-c3cncnc3)cc2)N(C)CC1. The fourth-order valence-electron chi connectivity index (χ4n) is 5.88. The average Bonchev–Trinajstić information content (AvgIpc) is 3.17. The van der Waals surface area contributed by atoms with E-state index in [0.29, 0.717) is 5.92 Å². The number of nitrogens with one attached hydrogen (secondary N) is 1. The summed E-state index contributed by atoms with van der Waals surface area (Å²) in [6, 6.07) is 7.13. The lowest BCUT2D eigenvalue weighted by molar-refractivity contribution is -0.205. The molecule has 2 aliphatic heterocycles. The first-order chi connectivity index (χ1) is 19.7. The third-order valence-electron chi connectivity index (χ3n) is 8.35. The van der Waals surface area contributed by atoms with Crippen molar-refractivity contribution in [3.05, 3.63) is 43.0 Å². The number of aromatic nitrogens is 2. The molecule has 0 radical (unpaired) electrons. The Balaban J connectivity index is 1.54. The molecule has 1 aromatic heterocycles. The first-order valence-electron chi connectivity index (χ1n) is 14.5. The molecule has 226 valence electrons. The molecule has 9 atom stereocenters. The Kier molecular flexibility index (Phi) is 11.9. The minimum atomic E-state index is -1.38. The molecule has 2 aromatic rings. The number of likely N-dealkylation sites (tertiary alicyclic amines) is 1. The number of benzene rings is 1. The number of carbonyl (C=O) groups excluding carboxylic acids is 1. The first kappa shape index (κ1) is 32.2. The Morgan fingerprint density at radius 2 is 1.78 bits per heavy atom. The molecule has 2 fully saturated rings. The largest absolute Gasteiger partial charge is 0.388 e. The Morgan fingerprint density at radius 1 is 1.07 bits per heavy atom. The standard InChI is InChI=1S/C30H44N4O5S2/c1-5-6-19-7-12-23(34(3)14-13-19)29(38)33-24(28-26(36)25(35)27(37)30(39-28)40-4)18(2)41-22-10-8-20(9-11-22)21-15-31-17-32-16-21/h8-11,15-19,23-28,30,35-37H,5-7,12-14H2,1-4H3,(H,33,38)/t18-,19-,23-,24+,25?,26?,27?,28?,30?/m0/s1. The summed E-state index contributed by atoms with van der Waals surface area (Å²) in [7, 11) is 2.00. The third-order valence-corrected chi connectivity index (χ3v) is 10.4. The normalized spacial score (nSPS) is 30.8. The molecule has 2 saturated heterocycles. The molecule has 0 aliphatic carbocycles. The fourth-order valence-corrected chi connectivity index (χ4v) is 7.65. The molecule has 0 bridgehead atoms. The highest BCUT2D eigenvalue weighted by Crippen LogP contribution is 2.35. The number of hydrogen-bond acceptors (Lipinski definition) is 10. The molecule has 11 heteroatoms. The lowest BCUT2D eigenvalue weighted by Gasteiger charge is -2.45. The van der Waals surface area contributed by atoms with E-state index >= 15 is 0 Å². The van der Waals surface area contributed by atoms with Crippen LogP contribution in [0.4, 0.5) is 0 Å². The molecule has 0 saturated carbocycles. The molecule has 0 spiro atoms. The maximum atomic E-state index is 13.8. The summed E-state index contributed by atoms with van der Waals surface area (Å²) in [6.07, 6.45) is 7.12. The molecular formula is C30H44N4O5S2. The van der Waals surface area contributed by atoms with Crippen molar-refractivity contribution in [1.29, 1.82) is 0 Å². The highest BCUT2D eigenvalue weighted by molar-refractivity contribution is 8.00. The zero-order chi connectivity index (χ0) is 29.5. The number of hydrogen-bond donors (Lipinski definition) is 4. The number of carbonyl (C=O) groups is 1. The highest BCUT2D eigenvalue weighted by Gasteiger charge is 2.48. The van der Waals surface area contributed by atoms with E-state index in [0.717, 1.165) is 48.3 Å². The Bertz CT molecular complexity index is 1100. The maximum absolute atomic E-state index is 13.8. The van der Waals surface area contributed by atoms with Crippen molar-refractivity contribution in [2.45, 2.75) is 98.0 Å². The third kappa shape index (κ3) is 8.01. The highest BCUT2D eigenvalue weighted by atomic mass is 32.2. The van der Waals surface area contributed by atoms with Crippen LogP contribution in [0.2, 0.25) is 0 Å². The number of aliphatic hydroxyl groups excluding tert-OH is 3. The summed E-state index contributed by atoms with van der Waals surface area (Å²) in [4.78, 5) is 25.1. The van der Waals surface area contributed by atoms with Gasteiger partial charge in [-0.3, -0.25) is 9.69 Å². The zero-order valence-electron chi connectivity index (χ0n) is 24.3. The number of aliphatic hydroxyl groups is 3. The molecule has 2 aliphatic rings. The molecule has 1 aromatic carbocycles. The molecule has 3 heterocycles. The van der Waals surface area contributed by atoms with Crippen LogP contribution in [-0.2, 0) is 9.53 Å². The number of amides is 1. The van der Waals surface area contributed by atoms with E-state index < -0.39 is 35.9 Å². The summed E-state index contributed by atoms with van der Waals surface area (Å²) in [5, 5.41) is 35.2. The quantitative estimate of drug-likeness (QED) is 0.300. The van der Waals surface area contributed by atoms with E-state index in [9.17, 15) is 20.1 Å². The van der Waals surface area contributed by atoms with Crippen LogP contribution in [0.3, 0.4) is 0 Å². The van der Waals surface area contributed by atoms with E-state index in [1.165, 1.54) is 24.5 Å². The second-order valence-electron chi connectivity index (χ2n) is 11.2. The lowest BCUT2D eigenvalue weighted by atomic mass is 9.92. The minimum absolute atomic E-state index is 0.0985. The van der Waals surface area contributed by atoms with E-state index in [4.69, 9.17) is 4.74 Å². The minimum Gasteiger partial charge on any atom is -0.388 e. The summed E-state index contributed by atoms with van der Waals surface area (Å²) in [5.41, 5.74) is 1.19. The van der Waals surface area contributed by atoms with E-state index in [2.05, 4.69) is 27.1 Å². The second-order valence-corrected chi connectivity index (χ2v) is 13.6. The summed E-state index contributed by atoms with van der Waals surface area (Å²) < 4.78 is 6.16.